The van der Waals surface area contributed by atoms with Gasteiger partial charge in [-0.25, -0.2) is 0 Å². The van der Waals surface area contributed by atoms with Gasteiger partial charge in [0.15, 0.2) is 0 Å². The minimum absolute atomic E-state index is 0. The number of hydrogen-bond acceptors (Lipinski definition) is 0. The fourth-order valence-corrected chi connectivity index (χ4v) is 2.73. The molecule has 0 amide bonds. The smallest absolute Gasteiger partial charge is 1.00 e. The van der Waals surface area contributed by atoms with Crippen molar-refractivity contribution in [2.75, 3.05) is 0 Å². The summed E-state index contributed by atoms with van der Waals surface area (Å²) in [5.74, 6) is 0.435. The molecular weight excluding hydrogens is 211 g/mol. The molecule has 1 unspecified atom stereocenters. The van der Waals surface area contributed by atoms with Crippen molar-refractivity contribution in [1.82, 2.24) is 0 Å². The van der Waals surface area contributed by atoms with Gasteiger partial charge in [-0.2, -0.15) is 0 Å². The minimum Gasteiger partial charge on any atom is -1.00 e. The predicted octanol–water partition coefficient (Wildman–Crippen LogP) is 1.58. The summed E-state index contributed by atoms with van der Waals surface area (Å²) in [6.07, 6.45) is 4.54. The van der Waals surface area contributed by atoms with E-state index in [0.29, 0.717) is 5.92 Å². The van der Waals surface area contributed by atoms with Crippen LogP contribution in [0, 0.1) is 13.8 Å². The van der Waals surface area contributed by atoms with E-state index in [0.717, 1.165) is 0 Å². The Morgan fingerprint density at radius 3 is 2.33 bits per heavy atom. The molecule has 18 heavy (non-hydrogen) atoms. The van der Waals surface area contributed by atoms with Crippen molar-refractivity contribution < 1.29 is 20.3 Å². The molecule has 0 N–H and O–H groups in total. The van der Waals surface area contributed by atoms with E-state index in [9.17, 15) is 0 Å². The number of aryl methyl sites for hydroxylation is 2. The van der Waals surface area contributed by atoms with Crippen LogP contribution in [0.15, 0.2) is 48.5 Å². The van der Waals surface area contributed by atoms with E-state index in [1.165, 1.54) is 27.8 Å². The molecule has 0 nitrogen and oxygen atoms in total. The molecule has 2 aromatic rings. The first-order valence-electron chi connectivity index (χ1n) is 6.09. The van der Waals surface area contributed by atoms with Gasteiger partial charge in [-0.3, -0.25) is 0 Å². The molecular formula is C17H17Li. The second-order valence-electron chi connectivity index (χ2n) is 4.89. The average molecular weight is 228 g/mol. The Morgan fingerprint density at radius 1 is 0.944 bits per heavy atom. The maximum atomic E-state index is 2.30. The quantitative estimate of drug-likeness (QED) is 0.650. The second kappa shape index (κ2) is 5.19. The molecule has 1 atom stereocenters. The van der Waals surface area contributed by atoms with Crippen LogP contribution in [0.4, 0.5) is 0 Å². The van der Waals surface area contributed by atoms with Gasteiger partial charge in [0.25, 0.3) is 0 Å². The molecule has 0 saturated carbocycles. The normalized spacial score (nSPS) is 16.2. The van der Waals surface area contributed by atoms with Gasteiger partial charge >= 0.3 is 18.9 Å². The molecule has 0 radical (unpaired) electrons. The van der Waals surface area contributed by atoms with Crippen LogP contribution in [0.25, 0.3) is 6.08 Å². The number of rotatable bonds is 1. The van der Waals surface area contributed by atoms with E-state index in [1.54, 1.807) is 0 Å². The predicted molar refractivity (Wildman–Crippen MR) is 74.3 cm³/mol. The Morgan fingerprint density at radius 2 is 1.61 bits per heavy atom. The Balaban J connectivity index is 0.000000902. The third kappa shape index (κ3) is 2.32. The van der Waals surface area contributed by atoms with Gasteiger partial charge in [0.2, 0.25) is 0 Å². The van der Waals surface area contributed by atoms with Gasteiger partial charge in [-0.15, -0.1) is 0 Å². The first-order valence-corrected chi connectivity index (χ1v) is 6.09. The molecule has 3 rings (SSSR count). The fraction of sp³-hybridized carbons (Fsp3) is 0.176. The molecule has 0 fully saturated rings. The maximum Gasteiger partial charge on any atom is 1.00 e. The number of fused-ring (bicyclic) bond motifs is 1. The molecule has 0 spiro atoms. The first kappa shape index (κ1) is 13.2. The zero-order valence-corrected chi connectivity index (χ0v) is 11.3. The van der Waals surface area contributed by atoms with Gasteiger partial charge in [0.05, 0.1) is 0 Å². The topological polar surface area (TPSA) is 0 Å². The fourth-order valence-electron chi connectivity index (χ4n) is 2.73. The number of hydrogen-bond donors (Lipinski definition) is 0. The third-order valence-corrected chi connectivity index (χ3v) is 3.40. The van der Waals surface area contributed by atoms with E-state index in [4.69, 9.17) is 0 Å². The van der Waals surface area contributed by atoms with Gasteiger partial charge < -0.3 is 1.43 Å². The number of allylic oxidation sites excluding steroid dienone is 1. The Hall–Kier alpha value is -1.22. The summed E-state index contributed by atoms with van der Waals surface area (Å²) in [5.41, 5.74) is 6.88. The Kier molecular flexibility index (Phi) is 3.81. The van der Waals surface area contributed by atoms with Gasteiger partial charge in [-0.05, 0) is 30.5 Å². The van der Waals surface area contributed by atoms with E-state index in [1.807, 2.05) is 0 Å². The van der Waals surface area contributed by atoms with Crippen molar-refractivity contribution in [1.29, 1.82) is 0 Å². The molecule has 2 aromatic carbocycles. The monoisotopic (exact) mass is 228 g/mol. The van der Waals surface area contributed by atoms with E-state index >= 15 is 0 Å². The molecule has 0 bridgehead atoms. The molecule has 86 valence electrons. The van der Waals surface area contributed by atoms with Crippen LogP contribution >= 0.6 is 0 Å². The van der Waals surface area contributed by atoms with Crippen LogP contribution in [-0.2, 0) is 0 Å². The van der Waals surface area contributed by atoms with Gasteiger partial charge in [-0.1, -0.05) is 65.7 Å². The van der Waals surface area contributed by atoms with Crippen LogP contribution in [-0.4, -0.2) is 0 Å². The van der Waals surface area contributed by atoms with Gasteiger partial charge in [0.1, 0.15) is 0 Å². The van der Waals surface area contributed by atoms with Crippen LogP contribution < -0.4 is 18.9 Å². The second-order valence-corrected chi connectivity index (χ2v) is 4.89. The van der Waals surface area contributed by atoms with Crippen molar-refractivity contribution in [3.63, 3.8) is 0 Å². The van der Waals surface area contributed by atoms with Crippen molar-refractivity contribution in [2.24, 2.45) is 0 Å². The zero-order chi connectivity index (χ0) is 11.8. The van der Waals surface area contributed by atoms with Crippen molar-refractivity contribution >= 4 is 6.08 Å². The van der Waals surface area contributed by atoms with Crippen molar-refractivity contribution in [3.05, 3.63) is 76.4 Å². The molecule has 0 saturated heterocycles. The van der Waals surface area contributed by atoms with E-state index < -0.39 is 0 Å². The van der Waals surface area contributed by atoms with Crippen LogP contribution in [0.3, 0.4) is 0 Å². The number of benzene rings is 2. The van der Waals surface area contributed by atoms with Gasteiger partial charge in [0, 0.05) is 5.92 Å². The summed E-state index contributed by atoms with van der Waals surface area (Å²) >= 11 is 0. The third-order valence-electron chi connectivity index (χ3n) is 3.40. The standard InChI is InChI=1S/C17H16.Li.H/c1-12-9-13(2)11-15(10-12)17-8-7-14-5-3-4-6-16(14)17;;/h3-11,17H,1-2H3;;/q;+1;-1. The summed E-state index contributed by atoms with van der Waals surface area (Å²) in [5, 5.41) is 0. The van der Waals surface area contributed by atoms with Crippen LogP contribution in [0.2, 0.25) is 0 Å². The average Bonchev–Trinajstić information content (AvgIpc) is 2.71. The molecule has 1 aliphatic carbocycles. The van der Waals surface area contributed by atoms with Crippen molar-refractivity contribution in [2.45, 2.75) is 19.8 Å². The maximum absolute atomic E-state index is 2.30. The largest absolute Gasteiger partial charge is 1.00 e. The summed E-state index contributed by atoms with van der Waals surface area (Å²) in [6, 6.07) is 15.5. The van der Waals surface area contributed by atoms with Crippen molar-refractivity contribution in [3.8, 4) is 0 Å². The zero-order valence-electron chi connectivity index (χ0n) is 12.3. The molecule has 0 aromatic heterocycles. The summed E-state index contributed by atoms with van der Waals surface area (Å²) in [7, 11) is 0. The Bertz CT molecular complexity index is 582. The van der Waals surface area contributed by atoms with Crippen LogP contribution in [0.5, 0.6) is 0 Å². The molecule has 1 aliphatic rings. The Labute approximate surface area is 122 Å². The summed E-state index contributed by atoms with van der Waals surface area (Å²) < 4.78 is 0. The van der Waals surface area contributed by atoms with E-state index in [-0.39, 0.29) is 20.3 Å². The first-order chi connectivity index (χ1) is 8.24. The van der Waals surface area contributed by atoms with E-state index in [2.05, 4.69) is 68.5 Å². The summed E-state index contributed by atoms with van der Waals surface area (Å²) in [6.45, 7) is 4.34. The van der Waals surface area contributed by atoms with Crippen LogP contribution in [0.1, 0.15) is 35.2 Å². The molecule has 0 heterocycles. The summed E-state index contributed by atoms with van der Waals surface area (Å²) in [4.78, 5) is 0. The SMILES string of the molecule is Cc1cc(C)cc(C2C=Cc3ccccc32)c1.[H-].[Li+]. The molecule has 0 aliphatic heterocycles. The molecule has 1 heteroatoms. The minimum atomic E-state index is 0.